The van der Waals surface area contributed by atoms with Crippen molar-refractivity contribution in [1.29, 1.82) is 0 Å². The molecule has 1 rings (SSSR count). The first-order valence-corrected chi connectivity index (χ1v) is 7.85. The van der Waals surface area contributed by atoms with Crippen molar-refractivity contribution < 1.29 is 13.2 Å². The summed E-state index contributed by atoms with van der Waals surface area (Å²) in [5.41, 5.74) is 6.01. The standard InChI is InChI=1S/C13H21N3O3S/c1-9(2)8-10(14)13(17)16-11-6-4-5-7-12(11)20(18,19)15-3/h4-7,9-10,15H,8,14H2,1-3H3,(H,16,17). The van der Waals surface area contributed by atoms with Gasteiger partial charge in [-0.2, -0.15) is 0 Å². The molecule has 0 aliphatic rings. The second kappa shape index (κ2) is 6.83. The Kier molecular flexibility index (Phi) is 5.67. The van der Waals surface area contributed by atoms with Gasteiger partial charge in [-0.1, -0.05) is 26.0 Å². The van der Waals surface area contributed by atoms with Crippen molar-refractivity contribution in [2.75, 3.05) is 12.4 Å². The van der Waals surface area contributed by atoms with Crippen molar-refractivity contribution in [3.05, 3.63) is 24.3 Å². The minimum Gasteiger partial charge on any atom is -0.324 e. The lowest BCUT2D eigenvalue weighted by atomic mass is 10.0. The summed E-state index contributed by atoms with van der Waals surface area (Å²) in [6.07, 6.45) is 0.535. The number of hydrogen-bond donors (Lipinski definition) is 3. The van der Waals surface area contributed by atoms with Crippen LogP contribution in [0.15, 0.2) is 29.2 Å². The number of nitrogens with one attached hydrogen (secondary N) is 2. The quantitative estimate of drug-likeness (QED) is 0.726. The van der Waals surface area contributed by atoms with Crippen molar-refractivity contribution in [2.24, 2.45) is 11.7 Å². The molecule has 0 aliphatic heterocycles. The van der Waals surface area contributed by atoms with Gasteiger partial charge in [-0.15, -0.1) is 0 Å². The number of carbonyl (C=O) groups is 1. The van der Waals surface area contributed by atoms with Gasteiger partial charge in [0.2, 0.25) is 15.9 Å². The van der Waals surface area contributed by atoms with Gasteiger partial charge in [0.05, 0.1) is 11.7 Å². The first-order valence-electron chi connectivity index (χ1n) is 6.37. The van der Waals surface area contributed by atoms with Crippen LogP contribution in [0.1, 0.15) is 20.3 Å². The van der Waals surface area contributed by atoms with Crippen molar-refractivity contribution in [2.45, 2.75) is 31.2 Å². The molecule has 0 saturated carbocycles. The molecule has 7 heteroatoms. The molecule has 0 bridgehead atoms. The third-order valence-corrected chi connectivity index (χ3v) is 4.24. The van der Waals surface area contributed by atoms with E-state index in [0.717, 1.165) is 0 Å². The van der Waals surface area contributed by atoms with E-state index in [0.29, 0.717) is 6.42 Å². The maximum absolute atomic E-state index is 12.0. The lowest BCUT2D eigenvalue weighted by Crippen LogP contribution is -2.37. The van der Waals surface area contributed by atoms with Gasteiger partial charge in [-0.05, 0) is 31.5 Å². The molecule has 20 heavy (non-hydrogen) atoms. The van der Waals surface area contributed by atoms with Crippen molar-refractivity contribution in [3.8, 4) is 0 Å². The van der Waals surface area contributed by atoms with Gasteiger partial charge in [0.25, 0.3) is 0 Å². The lowest BCUT2D eigenvalue weighted by Gasteiger charge is -2.16. The molecule has 1 aromatic rings. The number of carbonyl (C=O) groups excluding carboxylic acids is 1. The van der Waals surface area contributed by atoms with E-state index >= 15 is 0 Å². The summed E-state index contributed by atoms with van der Waals surface area (Å²) in [6.45, 7) is 3.93. The first-order chi connectivity index (χ1) is 9.27. The minimum atomic E-state index is -3.63. The number of anilines is 1. The van der Waals surface area contributed by atoms with E-state index in [1.54, 1.807) is 12.1 Å². The third-order valence-electron chi connectivity index (χ3n) is 2.77. The number of rotatable bonds is 6. The molecule has 6 nitrogen and oxygen atoms in total. The predicted octanol–water partition coefficient (Wildman–Crippen LogP) is 0.907. The van der Waals surface area contributed by atoms with Gasteiger partial charge >= 0.3 is 0 Å². The fourth-order valence-corrected chi connectivity index (χ4v) is 2.64. The van der Waals surface area contributed by atoms with Gasteiger partial charge in [0, 0.05) is 0 Å². The normalized spacial score (nSPS) is 13.2. The lowest BCUT2D eigenvalue weighted by molar-refractivity contribution is -0.117. The number of amides is 1. The molecule has 1 atom stereocenters. The van der Waals surface area contributed by atoms with Crippen LogP contribution in [0.4, 0.5) is 5.69 Å². The molecule has 112 valence electrons. The fraction of sp³-hybridized carbons (Fsp3) is 0.462. The molecule has 0 radical (unpaired) electrons. The number of para-hydroxylation sites is 1. The van der Waals surface area contributed by atoms with E-state index in [9.17, 15) is 13.2 Å². The first kappa shape index (κ1) is 16.6. The highest BCUT2D eigenvalue weighted by molar-refractivity contribution is 7.89. The Bertz CT molecular complexity index is 570. The van der Waals surface area contributed by atoms with Crippen LogP contribution in [0.3, 0.4) is 0 Å². The van der Waals surface area contributed by atoms with Crippen molar-refractivity contribution in [3.63, 3.8) is 0 Å². The van der Waals surface area contributed by atoms with Crippen LogP contribution in [-0.4, -0.2) is 27.4 Å². The second-order valence-electron chi connectivity index (χ2n) is 4.93. The molecule has 0 aliphatic carbocycles. The molecule has 0 aromatic heterocycles. The van der Waals surface area contributed by atoms with Gasteiger partial charge in [-0.25, -0.2) is 13.1 Å². The summed E-state index contributed by atoms with van der Waals surface area (Å²) in [4.78, 5) is 12.0. The molecule has 0 saturated heterocycles. The molecule has 1 amide bonds. The predicted molar refractivity (Wildman–Crippen MR) is 78.7 cm³/mol. The zero-order valence-electron chi connectivity index (χ0n) is 11.9. The Morgan fingerprint density at radius 3 is 2.45 bits per heavy atom. The van der Waals surface area contributed by atoms with Crippen molar-refractivity contribution >= 4 is 21.6 Å². The van der Waals surface area contributed by atoms with Crippen molar-refractivity contribution in [1.82, 2.24) is 4.72 Å². The number of benzene rings is 1. The Labute approximate surface area is 119 Å². The summed E-state index contributed by atoms with van der Waals surface area (Å²) in [5, 5.41) is 2.57. The largest absolute Gasteiger partial charge is 0.324 e. The monoisotopic (exact) mass is 299 g/mol. The van der Waals surface area contributed by atoms with E-state index in [2.05, 4.69) is 10.0 Å². The summed E-state index contributed by atoms with van der Waals surface area (Å²) < 4.78 is 25.9. The van der Waals surface area contributed by atoms with Gasteiger partial charge in [-0.3, -0.25) is 4.79 Å². The summed E-state index contributed by atoms with van der Waals surface area (Å²) in [5.74, 6) is -0.107. The summed E-state index contributed by atoms with van der Waals surface area (Å²) in [6, 6.07) is 5.53. The molecular weight excluding hydrogens is 278 g/mol. The molecule has 1 aromatic carbocycles. The molecular formula is C13H21N3O3S. The molecule has 4 N–H and O–H groups in total. The van der Waals surface area contributed by atoms with Crippen LogP contribution in [0, 0.1) is 5.92 Å². The average Bonchev–Trinajstić information content (AvgIpc) is 2.38. The van der Waals surface area contributed by atoms with Crippen LogP contribution < -0.4 is 15.8 Å². The average molecular weight is 299 g/mol. The molecule has 0 heterocycles. The third kappa shape index (κ3) is 4.29. The fourth-order valence-electron chi connectivity index (χ4n) is 1.75. The molecule has 1 unspecified atom stereocenters. The highest BCUT2D eigenvalue weighted by Gasteiger charge is 2.20. The van der Waals surface area contributed by atoms with Crippen LogP contribution in [0.25, 0.3) is 0 Å². The van der Waals surface area contributed by atoms with E-state index in [-0.39, 0.29) is 16.5 Å². The number of hydrogen-bond acceptors (Lipinski definition) is 4. The van der Waals surface area contributed by atoms with E-state index in [1.807, 2.05) is 13.8 Å². The SMILES string of the molecule is CNS(=O)(=O)c1ccccc1NC(=O)C(N)CC(C)C. The minimum absolute atomic E-state index is 0.0209. The highest BCUT2D eigenvalue weighted by atomic mass is 32.2. The Morgan fingerprint density at radius 1 is 1.30 bits per heavy atom. The smallest absolute Gasteiger partial charge is 0.242 e. The number of sulfonamides is 1. The van der Waals surface area contributed by atoms with Crippen LogP contribution in [0.5, 0.6) is 0 Å². The Hall–Kier alpha value is -1.44. The van der Waals surface area contributed by atoms with Crippen LogP contribution in [-0.2, 0) is 14.8 Å². The van der Waals surface area contributed by atoms with E-state index < -0.39 is 22.0 Å². The Morgan fingerprint density at radius 2 is 1.90 bits per heavy atom. The van der Waals surface area contributed by atoms with E-state index in [4.69, 9.17) is 5.73 Å². The maximum Gasteiger partial charge on any atom is 0.242 e. The topological polar surface area (TPSA) is 101 Å². The zero-order chi connectivity index (χ0) is 15.3. The second-order valence-corrected chi connectivity index (χ2v) is 6.78. The summed E-state index contributed by atoms with van der Waals surface area (Å²) >= 11 is 0. The van der Waals surface area contributed by atoms with Gasteiger partial charge in [0.15, 0.2) is 0 Å². The maximum atomic E-state index is 12.0. The van der Waals surface area contributed by atoms with E-state index in [1.165, 1.54) is 19.2 Å². The van der Waals surface area contributed by atoms with Crippen LogP contribution >= 0.6 is 0 Å². The highest BCUT2D eigenvalue weighted by Crippen LogP contribution is 2.20. The summed E-state index contributed by atoms with van der Waals surface area (Å²) in [7, 11) is -2.31. The number of nitrogens with two attached hydrogens (primary N) is 1. The zero-order valence-corrected chi connectivity index (χ0v) is 12.7. The van der Waals surface area contributed by atoms with Gasteiger partial charge in [0.1, 0.15) is 4.90 Å². The Balaban J connectivity index is 2.97. The van der Waals surface area contributed by atoms with Gasteiger partial charge < -0.3 is 11.1 Å². The van der Waals surface area contributed by atoms with Crippen LogP contribution in [0.2, 0.25) is 0 Å². The molecule has 0 spiro atoms. The molecule has 0 fully saturated rings.